The second kappa shape index (κ2) is 8.87. The molecule has 1 unspecified atom stereocenters. The fourth-order valence-corrected chi connectivity index (χ4v) is 3.51. The third-order valence-electron chi connectivity index (χ3n) is 5.40. The lowest BCUT2D eigenvalue weighted by atomic mass is 9.98. The first-order valence-corrected chi connectivity index (χ1v) is 10.0. The Kier molecular flexibility index (Phi) is 6.54. The van der Waals surface area contributed by atoms with Crippen LogP contribution < -0.4 is 10.1 Å². The fourth-order valence-electron chi connectivity index (χ4n) is 3.51. The van der Waals surface area contributed by atoms with E-state index in [-0.39, 0.29) is 5.91 Å². The summed E-state index contributed by atoms with van der Waals surface area (Å²) in [5.41, 5.74) is 0.0647. The Hall–Kier alpha value is -1.59. The largest absolute Gasteiger partial charge is 0.492 e. The third-order valence-corrected chi connectivity index (χ3v) is 5.40. The maximum atomic E-state index is 12.8. The molecule has 1 heterocycles. The average Bonchev–Trinajstić information content (AvgIpc) is 3.39. The predicted octanol–water partition coefficient (Wildman–Crippen LogP) is 3.70. The van der Waals surface area contributed by atoms with E-state index in [4.69, 9.17) is 9.47 Å². The lowest BCUT2D eigenvalue weighted by Crippen LogP contribution is -2.45. The lowest BCUT2D eigenvalue weighted by molar-refractivity contribution is -0.142. The molecule has 1 saturated heterocycles. The van der Waals surface area contributed by atoms with E-state index in [1.54, 1.807) is 0 Å². The summed E-state index contributed by atoms with van der Waals surface area (Å²) in [5.74, 6) is 1.13. The molecule has 1 saturated carbocycles. The van der Waals surface area contributed by atoms with Gasteiger partial charge in [0.2, 0.25) is 0 Å². The second-order valence-corrected chi connectivity index (χ2v) is 7.61. The van der Waals surface area contributed by atoms with Gasteiger partial charge in [0.05, 0.1) is 0 Å². The Bertz CT molecular complexity index is 579. The number of anilines is 1. The van der Waals surface area contributed by atoms with Crippen molar-refractivity contribution in [2.45, 2.75) is 51.6 Å². The number of carbonyl (C=O) groups is 1. The SMILES string of the molecule is CCCOC(C)(C(=O)Nc1ccc(OCCN2CCCC2)cc1)C1CC1. The van der Waals surface area contributed by atoms with Crippen LogP contribution in [0.5, 0.6) is 5.75 Å². The summed E-state index contributed by atoms with van der Waals surface area (Å²) in [6.07, 6.45) is 5.65. The van der Waals surface area contributed by atoms with Crippen molar-refractivity contribution in [1.29, 1.82) is 0 Å². The Morgan fingerprint density at radius 3 is 2.50 bits per heavy atom. The van der Waals surface area contributed by atoms with Crippen LogP contribution >= 0.6 is 0 Å². The van der Waals surface area contributed by atoms with Gasteiger partial charge in [0.15, 0.2) is 0 Å². The van der Waals surface area contributed by atoms with Gasteiger partial charge >= 0.3 is 0 Å². The smallest absolute Gasteiger partial charge is 0.256 e. The molecular formula is C21H32N2O3. The zero-order valence-electron chi connectivity index (χ0n) is 16.1. The zero-order valence-corrected chi connectivity index (χ0v) is 16.1. The Labute approximate surface area is 157 Å². The highest BCUT2D eigenvalue weighted by Gasteiger charge is 2.48. The summed E-state index contributed by atoms with van der Waals surface area (Å²) >= 11 is 0. The number of rotatable bonds is 10. The number of nitrogens with one attached hydrogen (secondary N) is 1. The third kappa shape index (κ3) is 4.98. The molecule has 3 rings (SSSR count). The van der Waals surface area contributed by atoms with Crippen molar-refractivity contribution in [3.05, 3.63) is 24.3 Å². The van der Waals surface area contributed by atoms with Crippen molar-refractivity contribution in [3.63, 3.8) is 0 Å². The minimum atomic E-state index is -0.721. The molecule has 1 aliphatic carbocycles. The monoisotopic (exact) mass is 360 g/mol. The predicted molar refractivity (Wildman–Crippen MR) is 104 cm³/mol. The van der Waals surface area contributed by atoms with Gasteiger partial charge in [0.1, 0.15) is 18.0 Å². The van der Waals surface area contributed by atoms with Crippen molar-refractivity contribution in [1.82, 2.24) is 4.90 Å². The molecule has 1 atom stereocenters. The summed E-state index contributed by atoms with van der Waals surface area (Å²) in [5, 5.41) is 3.01. The second-order valence-electron chi connectivity index (χ2n) is 7.61. The summed E-state index contributed by atoms with van der Waals surface area (Å²) < 4.78 is 11.7. The van der Waals surface area contributed by atoms with Gasteiger partial charge in [-0.2, -0.15) is 0 Å². The van der Waals surface area contributed by atoms with Crippen LogP contribution in [0, 0.1) is 5.92 Å². The van der Waals surface area contributed by atoms with Crippen molar-refractivity contribution in [3.8, 4) is 5.75 Å². The molecule has 5 nitrogen and oxygen atoms in total. The van der Waals surface area contributed by atoms with E-state index >= 15 is 0 Å². The number of hydrogen-bond donors (Lipinski definition) is 1. The molecule has 1 aliphatic heterocycles. The fraction of sp³-hybridized carbons (Fsp3) is 0.667. The molecule has 1 amide bonds. The van der Waals surface area contributed by atoms with Crippen LogP contribution in [0.2, 0.25) is 0 Å². The first-order chi connectivity index (χ1) is 12.6. The highest BCUT2D eigenvalue weighted by molar-refractivity contribution is 5.97. The van der Waals surface area contributed by atoms with E-state index in [1.165, 1.54) is 25.9 Å². The van der Waals surface area contributed by atoms with Crippen LogP contribution in [-0.2, 0) is 9.53 Å². The molecule has 26 heavy (non-hydrogen) atoms. The molecular weight excluding hydrogens is 328 g/mol. The summed E-state index contributed by atoms with van der Waals surface area (Å²) in [6.45, 7) is 8.66. The molecule has 5 heteroatoms. The number of likely N-dealkylation sites (tertiary alicyclic amines) is 1. The molecule has 0 radical (unpaired) electrons. The molecule has 0 spiro atoms. The van der Waals surface area contributed by atoms with E-state index in [0.29, 0.717) is 19.1 Å². The first-order valence-electron chi connectivity index (χ1n) is 10.0. The van der Waals surface area contributed by atoms with Crippen molar-refractivity contribution in [2.24, 2.45) is 5.92 Å². The molecule has 2 aliphatic rings. The number of carbonyl (C=O) groups excluding carboxylic acids is 1. The molecule has 0 aromatic heterocycles. The molecule has 1 N–H and O–H groups in total. The molecule has 1 aromatic rings. The average molecular weight is 360 g/mol. The highest BCUT2D eigenvalue weighted by Crippen LogP contribution is 2.42. The van der Waals surface area contributed by atoms with Crippen molar-refractivity contribution < 1.29 is 14.3 Å². The lowest BCUT2D eigenvalue weighted by Gasteiger charge is -2.28. The standard InChI is InChI=1S/C21H32N2O3/c1-3-15-26-21(2,17-6-7-17)20(24)22-18-8-10-19(11-9-18)25-16-14-23-12-4-5-13-23/h8-11,17H,3-7,12-16H2,1-2H3,(H,22,24). The Morgan fingerprint density at radius 1 is 1.19 bits per heavy atom. The number of ether oxygens (including phenoxy) is 2. The van der Waals surface area contributed by atoms with Gasteiger partial charge in [0.25, 0.3) is 5.91 Å². The molecule has 144 valence electrons. The van der Waals surface area contributed by atoms with Gasteiger partial charge in [-0.05, 0) is 82.3 Å². The van der Waals surface area contributed by atoms with Crippen molar-refractivity contribution >= 4 is 11.6 Å². The van der Waals surface area contributed by atoms with Crippen molar-refractivity contribution in [2.75, 3.05) is 38.2 Å². The van der Waals surface area contributed by atoms with Crippen LogP contribution in [0.3, 0.4) is 0 Å². The van der Waals surface area contributed by atoms with Crippen LogP contribution in [0.15, 0.2) is 24.3 Å². The highest BCUT2D eigenvalue weighted by atomic mass is 16.5. The van der Waals surface area contributed by atoms with Gasteiger partial charge in [-0.25, -0.2) is 0 Å². The van der Waals surface area contributed by atoms with Crippen LogP contribution in [0.4, 0.5) is 5.69 Å². The number of amides is 1. The minimum absolute atomic E-state index is 0.0452. The van der Waals surface area contributed by atoms with Gasteiger partial charge in [0, 0.05) is 18.8 Å². The number of nitrogens with zero attached hydrogens (tertiary/aromatic N) is 1. The first kappa shape index (κ1) is 19.2. The maximum Gasteiger partial charge on any atom is 0.256 e. The van der Waals surface area contributed by atoms with Crippen LogP contribution in [-0.4, -0.2) is 49.3 Å². The Balaban J connectivity index is 1.48. The van der Waals surface area contributed by atoms with Gasteiger partial charge in [-0.3, -0.25) is 9.69 Å². The minimum Gasteiger partial charge on any atom is -0.492 e. The quantitative estimate of drug-likeness (QED) is 0.691. The molecule has 0 bridgehead atoms. The summed E-state index contributed by atoms with van der Waals surface area (Å²) in [6, 6.07) is 7.63. The Morgan fingerprint density at radius 2 is 1.88 bits per heavy atom. The number of benzene rings is 1. The normalized spacial score (nSPS) is 19.9. The topological polar surface area (TPSA) is 50.8 Å². The van der Waals surface area contributed by atoms with Crippen LogP contribution in [0.1, 0.15) is 46.0 Å². The van der Waals surface area contributed by atoms with Gasteiger partial charge in [-0.1, -0.05) is 6.92 Å². The van der Waals surface area contributed by atoms with E-state index in [9.17, 15) is 4.79 Å². The zero-order chi connectivity index (χ0) is 18.4. The maximum absolute atomic E-state index is 12.8. The summed E-state index contributed by atoms with van der Waals surface area (Å²) in [4.78, 5) is 15.2. The summed E-state index contributed by atoms with van der Waals surface area (Å²) in [7, 11) is 0. The van der Waals surface area contributed by atoms with Gasteiger partial charge < -0.3 is 14.8 Å². The number of hydrogen-bond acceptors (Lipinski definition) is 4. The van der Waals surface area contributed by atoms with Gasteiger partial charge in [-0.15, -0.1) is 0 Å². The van der Waals surface area contributed by atoms with E-state index in [0.717, 1.165) is 37.2 Å². The molecule has 1 aromatic carbocycles. The van der Waals surface area contributed by atoms with E-state index in [1.807, 2.05) is 31.2 Å². The van der Waals surface area contributed by atoms with E-state index < -0.39 is 5.60 Å². The molecule has 2 fully saturated rings. The van der Waals surface area contributed by atoms with E-state index in [2.05, 4.69) is 17.1 Å². The van der Waals surface area contributed by atoms with Crippen LogP contribution in [0.25, 0.3) is 0 Å².